The monoisotopic (exact) mass is 950 g/mol. The Kier molecular flexibility index (Phi) is 15.8. The fourth-order valence-corrected chi connectivity index (χ4v) is 14.3. The predicted octanol–water partition coefficient (Wildman–Crippen LogP) is 9.92. The minimum absolute atomic E-state index is 0.123. The van der Waals surface area contributed by atoms with Gasteiger partial charge in [0, 0.05) is 18.5 Å². The first-order valence-corrected chi connectivity index (χ1v) is 27.1. The number of hydrogen-bond acceptors (Lipinski definition) is 11. The second-order valence-corrected chi connectivity index (χ2v) is 23.4. The molecule has 8 rings (SSSR count). The van der Waals surface area contributed by atoms with Gasteiger partial charge in [-0.15, -0.1) is 0 Å². The molecular weight excluding hydrogens is 888 g/mol. The Balaban J connectivity index is 1.13. The molecule has 0 spiro atoms. The molecule has 2 N–H and O–H groups in total. The molecule has 0 aliphatic carbocycles. The van der Waals surface area contributed by atoms with Crippen molar-refractivity contribution in [3.8, 4) is 11.5 Å². The SMILES string of the molecule is COc1ccc(C(OC[C@H]2O[C@@H](n3cnc4c(N)ncnc43)C[C@@H]2OP(OCC=CC[Si](C)(c2ccccc2)c2ccccc2)N(C(C)C)C(C)C)(c2ccccc2)c2ccc(OC)cc2)cc1. The van der Waals surface area contributed by atoms with Crippen LogP contribution >= 0.6 is 8.53 Å². The van der Waals surface area contributed by atoms with Gasteiger partial charge in [-0.2, -0.15) is 0 Å². The standard InChI is InChI=1S/C54H63N6O6PSi/c1-39(2)60(40(3)4)67(64-33-17-18-34-68(7,46-21-13-9-14-22-46)47-23-15-10-16-24-47)66-48-35-50(59-38-58-51-52(55)56-37-57-53(51)59)65-49(48)36-63-54(41-19-11-8-12-20-41,42-25-29-44(61-5)30-26-42)43-27-31-45(62-6)32-28-43/h8-32,37-40,48-50H,33-36H2,1-7H3,(H2,55,56,57)/t48-,49+,50+,67?/m0/s1. The highest BCUT2D eigenvalue weighted by Crippen LogP contribution is 2.51. The van der Waals surface area contributed by atoms with E-state index in [0.29, 0.717) is 30.0 Å². The van der Waals surface area contributed by atoms with Crippen molar-refractivity contribution < 1.29 is 28.0 Å². The summed E-state index contributed by atoms with van der Waals surface area (Å²) in [6.45, 7) is 11.7. The summed E-state index contributed by atoms with van der Waals surface area (Å²) in [5.41, 5.74) is 9.05. The number of nitrogens with two attached hydrogens (primary N) is 1. The molecule has 7 aromatic rings. The molecule has 1 aliphatic heterocycles. The van der Waals surface area contributed by atoms with Crippen LogP contribution in [0.4, 0.5) is 5.82 Å². The second-order valence-electron chi connectivity index (χ2n) is 17.7. The van der Waals surface area contributed by atoms with Crippen LogP contribution in [0.3, 0.4) is 0 Å². The highest BCUT2D eigenvalue weighted by molar-refractivity contribution is 7.44. The summed E-state index contributed by atoms with van der Waals surface area (Å²) in [4.78, 5) is 13.4. The van der Waals surface area contributed by atoms with E-state index in [9.17, 15) is 0 Å². The van der Waals surface area contributed by atoms with Crippen LogP contribution < -0.4 is 25.6 Å². The number of anilines is 1. The number of methoxy groups -OCH3 is 2. The zero-order valence-electron chi connectivity index (χ0n) is 40.0. The number of nitrogens with zero attached hydrogens (tertiary/aromatic N) is 5. The number of imidazole rings is 1. The quantitative estimate of drug-likeness (QED) is 0.0320. The van der Waals surface area contributed by atoms with E-state index in [1.165, 1.54) is 16.7 Å². The third kappa shape index (κ3) is 10.4. The molecular formula is C54H63N6O6PSi. The van der Waals surface area contributed by atoms with Gasteiger partial charge in [0.05, 0.1) is 39.9 Å². The maximum absolute atomic E-state index is 7.46. The van der Waals surface area contributed by atoms with Gasteiger partial charge in [-0.25, -0.2) is 19.6 Å². The summed E-state index contributed by atoms with van der Waals surface area (Å²) >= 11 is 0. The number of ether oxygens (including phenoxy) is 4. The molecule has 0 bridgehead atoms. The first-order valence-electron chi connectivity index (χ1n) is 23.3. The van der Waals surface area contributed by atoms with Gasteiger partial charge in [0.25, 0.3) is 8.53 Å². The van der Waals surface area contributed by atoms with Crippen molar-refractivity contribution in [2.45, 2.75) is 82.8 Å². The maximum Gasteiger partial charge on any atom is 0.259 e. The highest BCUT2D eigenvalue weighted by Gasteiger charge is 2.45. The van der Waals surface area contributed by atoms with Gasteiger partial charge in [0.2, 0.25) is 0 Å². The second kappa shape index (κ2) is 22.1. The van der Waals surface area contributed by atoms with Crippen molar-refractivity contribution in [1.29, 1.82) is 0 Å². The van der Waals surface area contributed by atoms with Gasteiger partial charge in [0.1, 0.15) is 49.3 Å². The predicted molar refractivity (Wildman–Crippen MR) is 274 cm³/mol. The lowest BCUT2D eigenvalue weighted by Gasteiger charge is -2.39. The van der Waals surface area contributed by atoms with Gasteiger partial charge >= 0.3 is 0 Å². The summed E-state index contributed by atoms with van der Waals surface area (Å²) in [6, 6.07) is 49.3. The fourth-order valence-electron chi connectivity index (χ4n) is 9.24. The first-order chi connectivity index (χ1) is 33.0. The van der Waals surface area contributed by atoms with Crippen molar-refractivity contribution in [2.24, 2.45) is 0 Å². The molecule has 0 saturated carbocycles. The molecule has 12 nitrogen and oxygen atoms in total. The zero-order chi connectivity index (χ0) is 47.7. The Bertz CT molecular complexity index is 2600. The number of aromatic nitrogens is 4. The van der Waals surface area contributed by atoms with E-state index >= 15 is 0 Å². The number of rotatable bonds is 21. The van der Waals surface area contributed by atoms with E-state index in [-0.39, 0.29) is 18.7 Å². The number of allylic oxidation sites excluding steroid dienone is 1. The molecule has 0 amide bonds. The normalized spacial score (nSPS) is 17.2. The minimum atomic E-state index is -2.09. The van der Waals surface area contributed by atoms with Crippen LogP contribution in [0.2, 0.25) is 12.6 Å². The van der Waals surface area contributed by atoms with Crippen LogP contribution in [0.1, 0.15) is 57.0 Å². The Morgan fingerprint density at radius 2 is 1.29 bits per heavy atom. The smallest absolute Gasteiger partial charge is 0.259 e. The molecule has 5 aromatic carbocycles. The fraction of sp³-hybridized carbons (Fsp3) is 0.315. The Hall–Kier alpha value is -5.76. The van der Waals surface area contributed by atoms with Crippen molar-refractivity contribution in [3.63, 3.8) is 0 Å². The Morgan fingerprint density at radius 3 is 1.84 bits per heavy atom. The number of nitrogen functional groups attached to an aromatic ring is 1. The molecule has 1 saturated heterocycles. The van der Waals surface area contributed by atoms with Gasteiger partial charge in [0.15, 0.2) is 11.5 Å². The number of fused-ring (bicyclic) bond motifs is 1. The van der Waals surface area contributed by atoms with E-state index in [4.69, 9.17) is 33.7 Å². The molecule has 1 aliphatic rings. The van der Waals surface area contributed by atoms with E-state index in [1.807, 2.05) is 47.0 Å². The third-order valence-electron chi connectivity index (χ3n) is 12.8. The molecule has 4 atom stereocenters. The van der Waals surface area contributed by atoms with E-state index in [0.717, 1.165) is 34.2 Å². The Labute approximate surface area is 403 Å². The summed E-state index contributed by atoms with van der Waals surface area (Å²) < 4.78 is 44.2. The first kappa shape index (κ1) is 48.7. The molecule has 354 valence electrons. The third-order valence-corrected chi connectivity index (χ3v) is 19.2. The van der Waals surface area contributed by atoms with Crippen LogP contribution in [0.15, 0.2) is 164 Å². The van der Waals surface area contributed by atoms with Gasteiger partial charge < -0.3 is 33.7 Å². The minimum Gasteiger partial charge on any atom is -0.497 e. The molecule has 1 fully saturated rings. The van der Waals surface area contributed by atoms with Gasteiger partial charge in [-0.3, -0.25) is 4.57 Å². The van der Waals surface area contributed by atoms with Gasteiger partial charge in [-0.1, -0.05) is 144 Å². The maximum atomic E-state index is 7.46. The topological polar surface area (TPSA) is 128 Å². The molecule has 2 aromatic heterocycles. The number of benzene rings is 5. The van der Waals surface area contributed by atoms with Crippen LogP contribution in [0, 0.1) is 0 Å². The van der Waals surface area contributed by atoms with Crippen molar-refractivity contribution in [2.75, 3.05) is 33.2 Å². The average Bonchev–Trinajstić information content (AvgIpc) is 3.99. The van der Waals surface area contributed by atoms with Crippen LogP contribution in [-0.4, -0.2) is 84.0 Å². The summed E-state index contributed by atoms with van der Waals surface area (Å²) in [5.74, 6) is 1.78. The lowest BCUT2D eigenvalue weighted by Crippen LogP contribution is -2.55. The average molecular weight is 951 g/mol. The summed E-state index contributed by atoms with van der Waals surface area (Å²) in [6.07, 6.45) is 6.53. The highest BCUT2D eigenvalue weighted by atomic mass is 31.2. The summed E-state index contributed by atoms with van der Waals surface area (Å²) in [7, 11) is -0.363. The molecule has 3 heterocycles. The largest absolute Gasteiger partial charge is 0.497 e. The van der Waals surface area contributed by atoms with Gasteiger partial charge in [-0.05, 0) is 74.7 Å². The van der Waals surface area contributed by atoms with Crippen molar-refractivity contribution in [1.82, 2.24) is 24.2 Å². The van der Waals surface area contributed by atoms with Crippen LogP contribution in [0.25, 0.3) is 11.2 Å². The molecule has 0 radical (unpaired) electrons. The lowest BCUT2D eigenvalue weighted by atomic mass is 9.80. The molecule has 1 unspecified atom stereocenters. The Morgan fingerprint density at radius 1 is 0.750 bits per heavy atom. The van der Waals surface area contributed by atoms with E-state index < -0.39 is 40.6 Å². The van der Waals surface area contributed by atoms with Crippen LogP contribution in [-0.2, 0) is 24.1 Å². The van der Waals surface area contributed by atoms with Crippen molar-refractivity contribution >= 4 is 44.0 Å². The zero-order valence-corrected chi connectivity index (χ0v) is 41.9. The van der Waals surface area contributed by atoms with E-state index in [2.05, 4.69) is 163 Å². The molecule has 68 heavy (non-hydrogen) atoms. The summed E-state index contributed by atoms with van der Waals surface area (Å²) in [5, 5.41) is 2.79. The van der Waals surface area contributed by atoms with Crippen molar-refractivity contribution in [3.05, 3.63) is 181 Å². The number of hydrogen-bond donors (Lipinski definition) is 1. The lowest BCUT2D eigenvalue weighted by molar-refractivity contribution is -0.0911. The van der Waals surface area contributed by atoms with Crippen LogP contribution in [0.5, 0.6) is 11.5 Å². The van der Waals surface area contributed by atoms with E-state index in [1.54, 1.807) is 20.5 Å². The molecule has 14 heteroatoms.